The average Bonchev–Trinajstić information content (AvgIpc) is 2.41. The van der Waals surface area contributed by atoms with Crippen molar-refractivity contribution in [1.29, 1.82) is 0 Å². The van der Waals surface area contributed by atoms with Gasteiger partial charge in [-0.15, -0.1) is 0 Å². The molecule has 0 aliphatic heterocycles. The van der Waals surface area contributed by atoms with Crippen molar-refractivity contribution in [2.24, 2.45) is 11.3 Å². The van der Waals surface area contributed by atoms with E-state index in [9.17, 15) is 0 Å². The summed E-state index contributed by atoms with van der Waals surface area (Å²) in [7, 11) is 0. The van der Waals surface area contributed by atoms with E-state index in [0.29, 0.717) is 6.61 Å². The Morgan fingerprint density at radius 1 is 1.27 bits per heavy atom. The highest BCUT2D eigenvalue weighted by Gasteiger charge is 2.53. The molecule has 0 aromatic carbocycles. The molecular formula is C10H18O. The minimum atomic E-state index is 0.395. The molecule has 1 N–H and O–H groups in total. The van der Waals surface area contributed by atoms with Crippen molar-refractivity contribution in [2.45, 2.75) is 44.9 Å². The van der Waals surface area contributed by atoms with Gasteiger partial charge in [-0.3, -0.25) is 0 Å². The SMILES string of the molecule is OCCCC1CC12CCCC2. The van der Waals surface area contributed by atoms with E-state index in [1.165, 1.54) is 38.5 Å². The molecule has 11 heavy (non-hydrogen) atoms. The maximum Gasteiger partial charge on any atom is 0.0431 e. The minimum absolute atomic E-state index is 0.395. The topological polar surface area (TPSA) is 20.2 Å². The van der Waals surface area contributed by atoms with Crippen molar-refractivity contribution in [3.63, 3.8) is 0 Å². The molecule has 0 radical (unpaired) electrons. The fourth-order valence-corrected chi connectivity index (χ4v) is 2.87. The first-order valence-electron chi connectivity index (χ1n) is 4.98. The van der Waals surface area contributed by atoms with E-state index in [2.05, 4.69) is 0 Å². The van der Waals surface area contributed by atoms with Crippen LogP contribution in [0.25, 0.3) is 0 Å². The Labute approximate surface area is 68.8 Å². The van der Waals surface area contributed by atoms with Gasteiger partial charge in [0.05, 0.1) is 0 Å². The predicted octanol–water partition coefficient (Wildman–Crippen LogP) is 2.34. The molecule has 64 valence electrons. The predicted molar refractivity (Wildman–Crippen MR) is 45.3 cm³/mol. The molecule has 2 fully saturated rings. The van der Waals surface area contributed by atoms with Crippen molar-refractivity contribution in [2.75, 3.05) is 6.61 Å². The summed E-state index contributed by atoms with van der Waals surface area (Å²) in [6, 6.07) is 0. The molecule has 0 amide bonds. The first-order chi connectivity index (χ1) is 5.37. The van der Waals surface area contributed by atoms with Crippen LogP contribution in [-0.2, 0) is 0 Å². The number of hydrogen-bond acceptors (Lipinski definition) is 1. The Morgan fingerprint density at radius 2 is 2.00 bits per heavy atom. The molecule has 0 bridgehead atoms. The molecule has 1 atom stereocenters. The van der Waals surface area contributed by atoms with Crippen molar-refractivity contribution >= 4 is 0 Å². The summed E-state index contributed by atoms with van der Waals surface area (Å²) in [6.07, 6.45) is 9.72. The van der Waals surface area contributed by atoms with Crippen LogP contribution < -0.4 is 0 Å². The van der Waals surface area contributed by atoms with Gasteiger partial charge < -0.3 is 5.11 Å². The Bertz CT molecular complexity index is 136. The van der Waals surface area contributed by atoms with Gasteiger partial charge in [0.25, 0.3) is 0 Å². The zero-order valence-corrected chi connectivity index (χ0v) is 7.18. The Balaban J connectivity index is 1.75. The molecule has 0 heterocycles. The lowest BCUT2D eigenvalue weighted by Gasteiger charge is -2.06. The monoisotopic (exact) mass is 154 g/mol. The first-order valence-corrected chi connectivity index (χ1v) is 4.98. The summed E-state index contributed by atoms with van der Waals surface area (Å²) in [6.45, 7) is 0.395. The van der Waals surface area contributed by atoms with E-state index >= 15 is 0 Å². The number of aliphatic hydroxyl groups excluding tert-OH is 1. The van der Waals surface area contributed by atoms with Gasteiger partial charge >= 0.3 is 0 Å². The quantitative estimate of drug-likeness (QED) is 0.661. The normalized spacial score (nSPS) is 33.0. The van der Waals surface area contributed by atoms with Crippen molar-refractivity contribution in [3.05, 3.63) is 0 Å². The van der Waals surface area contributed by atoms with Crippen LogP contribution in [0, 0.1) is 11.3 Å². The van der Waals surface area contributed by atoms with Crippen molar-refractivity contribution in [3.8, 4) is 0 Å². The molecule has 1 nitrogen and oxygen atoms in total. The summed E-state index contributed by atoms with van der Waals surface area (Å²) < 4.78 is 0. The highest BCUT2D eigenvalue weighted by molar-refractivity contribution is 5.04. The molecule has 0 aromatic heterocycles. The van der Waals surface area contributed by atoms with E-state index in [0.717, 1.165) is 17.8 Å². The molecule has 2 aliphatic rings. The second-order valence-electron chi connectivity index (χ2n) is 4.34. The Hall–Kier alpha value is -0.0400. The van der Waals surface area contributed by atoms with E-state index < -0.39 is 0 Å². The van der Waals surface area contributed by atoms with Crippen LogP contribution >= 0.6 is 0 Å². The van der Waals surface area contributed by atoms with Gasteiger partial charge in [-0.25, -0.2) is 0 Å². The van der Waals surface area contributed by atoms with E-state index in [4.69, 9.17) is 5.11 Å². The smallest absolute Gasteiger partial charge is 0.0431 e. The van der Waals surface area contributed by atoms with Gasteiger partial charge in [0.15, 0.2) is 0 Å². The van der Waals surface area contributed by atoms with Gasteiger partial charge in [0.1, 0.15) is 0 Å². The van der Waals surface area contributed by atoms with Crippen LogP contribution in [0.15, 0.2) is 0 Å². The number of aliphatic hydroxyl groups is 1. The van der Waals surface area contributed by atoms with Crippen molar-refractivity contribution in [1.82, 2.24) is 0 Å². The fourth-order valence-electron chi connectivity index (χ4n) is 2.87. The summed E-state index contributed by atoms with van der Waals surface area (Å²) in [5.41, 5.74) is 0.801. The molecule has 0 saturated heterocycles. The van der Waals surface area contributed by atoms with Gasteiger partial charge in [0, 0.05) is 6.61 Å². The third-order valence-corrected chi connectivity index (χ3v) is 3.67. The molecule has 2 aliphatic carbocycles. The summed E-state index contributed by atoms with van der Waals surface area (Å²) in [5, 5.41) is 8.67. The van der Waals surface area contributed by atoms with E-state index in [-0.39, 0.29) is 0 Å². The lowest BCUT2D eigenvalue weighted by atomic mass is 10.00. The Morgan fingerprint density at radius 3 is 2.64 bits per heavy atom. The summed E-state index contributed by atoms with van der Waals surface area (Å²) in [5.74, 6) is 0.997. The van der Waals surface area contributed by atoms with Crippen LogP contribution in [0.3, 0.4) is 0 Å². The standard InChI is InChI=1S/C10H18O/c11-7-3-4-9-8-10(9)5-1-2-6-10/h9,11H,1-8H2. The Kier molecular flexibility index (Phi) is 1.92. The third-order valence-electron chi connectivity index (χ3n) is 3.67. The van der Waals surface area contributed by atoms with Crippen molar-refractivity contribution < 1.29 is 5.11 Å². The van der Waals surface area contributed by atoms with Crippen LogP contribution in [0.2, 0.25) is 0 Å². The molecule has 0 aromatic rings. The lowest BCUT2D eigenvalue weighted by Crippen LogP contribution is -1.97. The van der Waals surface area contributed by atoms with Crippen LogP contribution in [0.5, 0.6) is 0 Å². The lowest BCUT2D eigenvalue weighted by molar-refractivity contribution is 0.276. The van der Waals surface area contributed by atoms with Gasteiger partial charge in [0.2, 0.25) is 0 Å². The molecule has 1 unspecified atom stereocenters. The fraction of sp³-hybridized carbons (Fsp3) is 1.00. The van der Waals surface area contributed by atoms with E-state index in [1.54, 1.807) is 0 Å². The summed E-state index contributed by atoms with van der Waals surface area (Å²) >= 11 is 0. The third kappa shape index (κ3) is 1.31. The first kappa shape index (κ1) is 7.60. The van der Waals surface area contributed by atoms with Crippen LogP contribution in [0.4, 0.5) is 0 Å². The zero-order chi connectivity index (χ0) is 7.73. The van der Waals surface area contributed by atoms with E-state index in [1.807, 2.05) is 0 Å². The number of rotatable bonds is 3. The van der Waals surface area contributed by atoms with Gasteiger partial charge in [-0.05, 0) is 43.4 Å². The van der Waals surface area contributed by atoms with Gasteiger partial charge in [-0.2, -0.15) is 0 Å². The molecule has 2 saturated carbocycles. The molecular weight excluding hydrogens is 136 g/mol. The molecule has 1 heteroatoms. The maximum absolute atomic E-state index is 8.67. The second kappa shape index (κ2) is 2.78. The van der Waals surface area contributed by atoms with Crippen LogP contribution in [0.1, 0.15) is 44.9 Å². The highest BCUT2D eigenvalue weighted by atomic mass is 16.2. The maximum atomic E-state index is 8.67. The minimum Gasteiger partial charge on any atom is -0.396 e. The van der Waals surface area contributed by atoms with Gasteiger partial charge in [-0.1, -0.05) is 12.8 Å². The van der Waals surface area contributed by atoms with Crippen LogP contribution in [-0.4, -0.2) is 11.7 Å². The summed E-state index contributed by atoms with van der Waals surface area (Å²) in [4.78, 5) is 0. The largest absolute Gasteiger partial charge is 0.396 e. The molecule has 1 spiro atoms. The zero-order valence-electron chi connectivity index (χ0n) is 7.18. The highest BCUT2D eigenvalue weighted by Crippen LogP contribution is 2.64. The second-order valence-corrected chi connectivity index (χ2v) is 4.34. The average molecular weight is 154 g/mol. The molecule has 2 rings (SSSR count). The number of hydrogen-bond donors (Lipinski definition) is 1.